The van der Waals surface area contributed by atoms with E-state index < -0.39 is 18.0 Å². The van der Waals surface area contributed by atoms with Crippen LogP contribution in [0.3, 0.4) is 0 Å². The number of carbonyl (C=O) groups is 3. The van der Waals surface area contributed by atoms with Crippen LogP contribution >= 0.6 is 0 Å². The molecular weight excluding hydrogens is 396 g/mol. The van der Waals surface area contributed by atoms with Crippen LogP contribution in [0.4, 0.5) is 4.79 Å². The minimum absolute atomic E-state index is 0.141. The van der Waals surface area contributed by atoms with Gasteiger partial charge in [-0.2, -0.15) is 0 Å². The van der Waals surface area contributed by atoms with Gasteiger partial charge in [0.1, 0.15) is 6.04 Å². The summed E-state index contributed by atoms with van der Waals surface area (Å²) in [7, 11) is 0. The molecule has 0 saturated carbocycles. The summed E-state index contributed by atoms with van der Waals surface area (Å²) in [4.78, 5) is 34.7. The van der Waals surface area contributed by atoms with E-state index in [-0.39, 0.29) is 25.3 Å². The van der Waals surface area contributed by atoms with Crippen LogP contribution < -0.4 is 16.4 Å². The van der Waals surface area contributed by atoms with E-state index in [0.717, 1.165) is 22.2 Å². The van der Waals surface area contributed by atoms with Gasteiger partial charge in [-0.05, 0) is 30.5 Å². The molecule has 5 N–H and O–H groups in total. The molecule has 0 unspecified atom stereocenters. The van der Waals surface area contributed by atoms with Crippen molar-refractivity contribution in [2.24, 2.45) is 5.73 Å². The highest BCUT2D eigenvalue weighted by Gasteiger charge is 2.20. The first-order chi connectivity index (χ1) is 15.0. The Kier molecular flexibility index (Phi) is 7.26. The quantitative estimate of drug-likeness (QED) is 0.375. The average Bonchev–Trinajstić information content (AvgIpc) is 3.13. The summed E-state index contributed by atoms with van der Waals surface area (Å²) < 4.78 is 2.08. The molecule has 3 rings (SSSR count). The molecule has 0 bridgehead atoms. The van der Waals surface area contributed by atoms with E-state index in [1.165, 1.54) is 0 Å². The first kappa shape index (κ1) is 21.9. The molecule has 8 nitrogen and oxygen atoms in total. The fraction of sp³-hybridized carbons (Fsp3) is 0.261. The van der Waals surface area contributed by atoms with E-state index in [2.05, 4.69) is 21.3 Å². The summed E-state index contributed by atoms with van der Waals surface area (Å²) >= 11 is 0. The van der Waals surface area contributed by atoms with E-state index in [1.54, 1.807) is 0 Å². The van der Waals surface area contributed by atoms with Gasteiger partial charge in [0.05, 0.1) is 0 Å². The average molecular weight is 422 g/mol. The summed E-state index contributed by atoms with van der Waals surface area (Å²) in [5, 5.41) is 15.4. The molecule has 0 aliphatic carbocycles. The SMILES string of the molecule is NC(=O)NCCC[C@H](NC(=O)CCn1c(-c2ccccc2)cc2ccccc21)C(=O)O. The van der Waals surface area contributed by atoms with Crippen molar-refractivity contribution in [1.29, 1.82) is 0 Å². The molecule has 3 amide bonds. The Bertz CT molecular complexity index is 1060. The molecule has 31 heavy (non-hydrogen) atoms. The first-order valence-corrected chi connectivity index (χ1v) is 10.1. The number of carbonyl (C=O) groups excluding carboxylic acids is 2. The van der Waals surface area contributed by atoms with Gasteiger partial charge in [0.15, 0.2) is 0 Å². The number of hydrogen-bond acceptors (Lipinski definition) is 3. The number of aromatic nitrogens is 1. The van der Waals surface area contributed by atoms with Gasteiger partial charge in [0.2, 0.25) is 5.91 Å². The maximum absolute atomic E-state index is 12.5. The summed E-state index contributed by atoms with van der Waals surface area (Å²) in [6, 6.07) is 18.3. The molecule has 0 spiro atoms. The second kappa shape index (κ2) is 10.3. The molecule has 0 fully saturated rings. The van der Waals surface area contributed by atoms with E-state index in [1.807, 2.05) is 54.6 Å². The number of fused-ring (bicyclic) bond motifs is 1. The lowest BCUT2D eigenvalue weighted by Crippen LogP contribution is -2.41. The van der Waals surface area contributed by atoms with Crippen LogP contribution in [-0.2, 0) is 16.1 Å². The van der Waals surface area contributed by atoms with Crippen LogP contribution in [0.5, 0.6) is 0 Å². The Labute approximate surface area is 180 Å². The largest absolute Gasteiger partial charge is 0.480 e. The highest BCUT2D eigenvalue weighted by Crippen LogP contribution is 2.28. The second-order valence-corrected chi connectivity index (χ2v) is 7.25. The number of primary amides is 1. The number of para-hydroxylation sites is 1. The first-order valence-electron chi connectivity index (χ1n) is 10.1. The molecule has 0 radical (unpaired) electrons. The van der Waals surface area contributed by atoms with Crippen LogP contribution in [0, 0.1) is 0 Å². The Balaban J connectivity index is 1.68. The Morgan fingerprint density at radius 2 is 1.74 bits per heavy atom. The van der Waals surface area contributed by atoms with E-state index in [4.69, 9.17) is 5.73 Å². The molecule has 8 heteroatoms. The number of hydrogen-bond donors (Lipinski definition) is 4. The number of aryl methyl sites for hydroxylation is 1. The molecule has 2 aromatic carbocycles. The maximum Gasteiger partial charge on any atom is 0.326 e. The van der Waals surface area contributed by atoms with Gasteiger partial charge in [-0.15, -0.1) is 0 Å². The van der Waals surface area contributed by atoms with Gasteiger partial charge in [-0.3, -0.25) is 4.79 Å². The number of carboxylic acid groups (broad SMARTS) is 1. The summed E-state index contributed by atoms with van der Waals surface area (Å²) in [5.74, 6) is -1.45. The number of amides is 3. The van der Waals surface area contributed by atoms with Crippen LogP contribution in [0.2, 0.25) is 0 Å². The van der Waals surface area contributed by atoms with Gasteiger partial charge >= 0.3 is 12.0 Å². The lowest BCUT2D eigenvalue weighted by atomic mass is 10.1. The number of aliphatic carboxylic acids is 1. The van der Waals surface area contributed by atoms with E-state index in [0.29, 0.717) is 13.0 Å². The van der Waals surface area contributed by atoms with Gasteiger partial charge in [0, 0.05) is 36.1 Å². The normalized spacial score (nSPS) is 11.7. The third-order valence-corrected chi connectivity index (χ3v) is 5.04. The van der Waals surface area contributed by atoms with Gasteiger partial charge in [-0.1, -0.05) is 48.5 Å². The lowest BCUT2D eigenvalue weighted by molar-refractivity contribution is -0.142. The third-order valence-electron chi connectivity index (χ3n) is 5.04. The van der Waals surface area contributed by atoms with Gasteiger partial charge in [-0.25, -0.2) is 9.59 Å². The number of nitrogens with one attached hydrogen (secondary N) is 2. The standard InChI is InChI=1S/C23H26N4O4/c24-23(31)25-13-6-10-18(22(29)30)26-21(28)12-14-27-19-11-5-4-9-17(19)15-20(27)16-7-2-1-3-8-16/h1-5,7-9,11,15,18H,6,10,12-14H2,(H,26,28)(H,29,30)(H3,24,25,31)/t18-/m0/s1. The number of urea groups is 1. The molecule has 0 aliphatic rings. The van der Waals surface area contributed by atoms with Crippen molar-refractivity contribution in [2.75, 3.05) is 6.54 Å². The minimum atomic E-state index is -1.11. The molecule has 0 aliphatic heterocycles. The van der Waals surface area contributed by atoms with Crippen molar-refractivity contribution in [3.05, 3.63) is 60.7 Å². The summed E-state index contributed by atoms with van der Waals surface area (Å²) in [6.07, 6.45) is 0.728. The highest BCUT2D eigenvalue weighted by molar-refractivity contribution is 5.88. The number of rotatable bonds is 10. The maximum atomic E-state index is 12.5. The van der Waals surface area contributed by atoms with Gasteiger partial charge < -0.3 is 26.0 Å². The van der Waals surface area contributed by atoms with Crippen LogP contribution in [0.25, 0.3) is 22.2 Å². The van der Waals surface area contributed by atoms with Crippen molar-refractivity contribution in [2.45, 2.75) is 31.8 Å². The molecule has 3 aromatic rings. The molecule has 0 saturated heterocycles. The molecule has 1 aromatic heterocycles. The molecule has 162 valence electrons. The fourth-order valence-electron chi connectivity index (χ4n) is 3.55. The van der Waals surface area contributed by atoms with Crippen molar-refractivity contribution < 1.29 is 19.5 Å². The number of benzene rings is 2. The van der Waals surface area contributed by atoms with E-state index in [9.17, 15) is 19.5 Å². The van der Waals surface area contributed by atoms with Crippen LogP contribution in [0.15, 0.2) is 60.7 Å². The third kappa shape index (κ3) is 5.85. The zero-order valence-corrected chi connectivity index (χ0v) is 17.1. The molecule has 1 atom stereocenters. The van der Waals surface area contributed by atoms with Crippen molar-refractivity contribution in [3.8, 4) is 11.3 Å². The topological polar surface area (TPSA) is 126 Å². The number of carboxylic acids is 1. The highest BCUT2D eigenvalue weighted by atomic mass is 16.4. The predicted octanol–water partition coefficient (Wildman–Crippen LogP) is 2.72. The van der Waals surface area contributed by atoms with Crippen molar-refractivity contribution in [1.82, 2.24) is 15.2 Å². The number of nitrogens with two attached hydrogens (primary N) is 1. The van der Waals surface area contributed by atoms with E-state index >= 15 is 0 Å². The Morgan fingerprint density at radius 1 is 1.03 bits per heavy atom. The van der Waals surface area contributed by atoms with Crippen molar-refractivity contribution >= 4 is 28.8 Å². The number of nitrogens with zero attached hydrogens (tertiary/aromatic N) is 1. The Hall–Kier alpha value is -3.81. The minimum Gasteiger partial charge on any atom is -0.480 e. The second-order valence-electron chi connectivity index (χ2n) is 7.25. The monoisotopic (exact) mass is 422 g/mol. The predicted molar refractivity (Wildman–Crippen MR) is 118 cm³/mol. The van der Waals surface area contributed by atoms with Crippen LogP contribution in [0.1, 0.15) is 19.3 Å². The van der Waals surface area contributed by atoms with Gasteiger partial charge in [0.25, 0.3) is 0 Å². The van der Waals surface area contributed by atoms with Crippen LogP contribution in [-0.4, -0.2) is 40.2 Å². The Morgan fingerprint density at radius 3 is 2.45 bits per heavy atom. The summed E-state index contributed by atoms with van der Waals surface area (Å²) in [6.45, 7) is 0.671. The zero-order chi connectivity index (χ0) is 22.2. The summed E-state index contributed by atoms with van der Waals surface area (Å²) in [5.41, 5.74) is 8.05. The fourth-order valence-corrected chi connectivity index (χ4v) is 3.55. The zero-order valence-electron chi connectivity index (χ0n) is 17.1. The lowest BCUT2D eigenvalue weighted by Gasteiger charge is -2.16. The molecular formula is C23H26N4O4. The molecule has 1 heterocycles. The van der Waals surface area contributed by atoms with Crippen molar-refractivity contribution in [3.63, 3.8) is 0 Å². The smallest absolute Gasteiger partial charge is 0.326 e.